The molecule has 2 aromatic rings. The standard InChI is InChI=1S/2C27H53N2.2HI/c2*1-3-5-7-9-11-13-15-17-19-21-23-28-25-26-29(27-28)24-22-20-18-16-14-12-10-8-6-4-2;;/h2*25-27H,3-24H2,1-2H3;2*1H/q2*+1;;/p-2. The molecule has 0 aliphatic rings. The molecule has 6 heteroatoms. The molecule has 0 amide bonds. The van der Waals surface area contributed by atoms with Crippen LogP contribution in [0.4, 0.5) is 0 Å². The van der Waals surface area contributed by atoms with Crippen molar-refractivity contribution in [1.82, 2.24) is 9.13 Å². The van der Waals surface area contributed by atoms with E-state index in [0.717, 1.165) is 0 Å². The molecule has 0 saturated heterocycles. The van der Waals surface area contributed by atoms with E-state index in [1.807, 2.05) is 0 Å². The molecule has 0 aliphatic heterocycles. The maximum atomic E-state index is 2.39. The van der Waals surface area contributed by atoms with Gasteiger partial charge >= 0.3 is 0 Å². The van der Waals surface area contributed by atoms with Gasteiger partial charge in [-0.15, -0.1) is 0 Å². The largest absolute Gasteiger partial charge is 1.00 e. The smallest absolute Gasteiger partial charge is 0.243 e. The van der Waals surface area contributed by atoms with E-state index in [0.29, 0.717) is 0 Å². The SMILES string of the molecule is CCCCCCCCCCCCn1cc[n+](CCCCCCCCCCCC)c1.CCCCCCCCCCCCn1cc[n+](CCCCCCCCCCCC)c1.[I-].[I-]. The van der Waals surface area contributed by atoms with E-state index in [-0.39, 0.29) is 48.0 Å². The van der Waals surface area contributed by atoms with Gasteiger partial charge in [-0.3, -0.25) is 0 Å². The molecule has 0 spiro atoms. The van der Waals surface area contributed by atoms with Crippen LogP contribution in [0, 0.1) is 0 Å². The topological polar surface area (TPSA) is 17.6 Å². The maximum Gasteiger partial charge on any atom is 0.243 e. The minimum absolute atomic E-state index is 0. The first-order chi connectivity index (χ1) is 28.7. The number of unbranched alkanes of at least 4 members (excludes halogenated alkanes) is 36. The van der Waals surface area contributed by atoms with Gasteiger partial charge in [0.25, 0.3) is 0 Å². The summed E-state index contributed by atoms with van der Waals surface area (Å²) in [6.07, 6.45) is 70.5. The molecule has 2 heterocycles. The second kappa shape index (κ2) is 51.5. The fourth-order valence-electron chi connectivity index (χ4n) is 8.53. The van der Waals surface area contributed by atoms with E-state index < -0.39 is 0 Å². The highest BCUT2D eigenvalue weighted by atomic mass is 127. The Morgan fingerprint density at radius 3 is 0.700 bits per heavy atom. The Bertz CT molecular complexity index is 893. The first-order valence-electron chi connectivity index (χ1n) is 26.8. The van der Waals surface area contributed by atoms with E-state index in [2.05, 4.69) is 83.4 Å². The maximum absolute atomic E-state index is 2.39. The molecule has 60 heavy (non-hydrogen) atoms. The van der Waals surface area contributed by atoms with Crippen LogP contribution in [0.3, 0.4) is 0 Å². The van der Waals surface area contributed by atoms with Crippen LogP contribution in [-0.4, -0.2) is 9.13 Å². The average molecular weight is 1070 g/mol. The van der Waals surface area contributed by atoms with Crippen molar-refractivity contribution in [3.8, 4) is 0 Å². The highest BCUT2D eigenvalue weighted by molar-refractivity contribution is 4.67. The van der Waals surface area contributed by atoms with Crippen LogP contribution in [0.5, 0.6) is 0 Å². The number of halogens is 2. The van der Waals surface area contributed by atoms with Crippen molar-refractivity contribution in [2.24, 2.45) is 0 Å². The lowest BCUT2D eigenvalue weighted by atomic mass is 10.1. The van der Waals surface area contributed by atoms with E-state index in [4.69, 9.17) is 0 Å². The molecule has 0 aromatic carbocycles. The van der Waals surface area contributed by atoms with E-state index in [1.54, 1.807) is 0 Å². The highest BCUT2D eigenvalue weighted by Crippen LogP contribution is 2.14. The first kappa shape index (κ1) is 62.0. The summed E-state index contributed by atoms with van der Waals surface area (Å²) in [5, 5.41) is 0. The summed E-state index contributed by atoms with van der Waals surface area (Å²) in [6, 6.07) is 0. The molecule has 0 aliphatic carbocycles. The van der Waals surface area contributed by atoms with E-state index >= 15 is 0 Å². The van der Waals surface area contributed by atoms with Gasteiger partial charge in [0.15, 0.2) is 0 Å². The second-order valence-electron chi connectivity index (χ2n) is 18.5. The summed E-state index contributed by atoms with van der Waals surface area (Å²) in [6.45, 7) is 14.0. The molecule has 2 aromatic heterocycles. The van der Waals surface area contributed by atoms with E-state index in [9.17, 15) is 0 Å². The van der Waals surface area contributed by atoms with Crippen molar-refractivity contribution >= 4 is 0 Å². The third kappa shape index (κ3) is 43.1. The van der Waals surface area contributed by atoms with Crippen LogP contribution in [0.15, 0.2) is 37.4 Å². The van der Waals surface area contributed by atoms with Gasteiger partial charge in [0.2, 0.25) is 12.7 Å². The molecule has 0 N–H and O–H groups in total. The Hall–Kier alpha value is -0.120. The molecule has 0 saturated carbocycles. The van der Waals surface area contributed by atoms with E-state index in [1.165, 1.54) is 283 Å². The number of hydrogen-bond acceptors (Lipinski definition) is 0. The minimum Gasteiger partial charge on any atom is -1.00 e. The quantitative estimate of drug-likeness (QED) is 0.0358. The molecule has 0 atom stereocenters. The Morgan fingerprint density at radius 2 is 0.467 bits per heavy atom. The number of hydrogen-bond donors (Lipinski definition) is 0. The number of aromatic nitrogens is 4. The van der Waals surface area contributed by atoms with Crippen LogP contribution in [-0.2, 0) is 26.2 Å². The van der Waals surface area contributed by atoms with Crippen molar-refractivity contribution in [3.63, 3.8) is 0 Å². The zero-order valence-electron chi connectivity index (χ0n) is 41.1. The summed E-state index contributed by atoms with van der Waals surface area (Å²) in [5.41, 5.74) is 0. The van der Waals surface area contributed by atoms with Gasteiger partial charge in [-0.1, -0.05) is 233 Å². The number of imidazole rings is 2. The zero-order valence-corrected chi connectivity index (χ0v) is 45.4. The Kier molecular flexibility index (Phi) is 53.2. The van der Waals surface area contributed by atoms with Gasteiger partial charge in [-0.2, -0.15) is 0 Å². The van der Waals surface area contributed by atoms with Crippen LogP contribution >= 0.6 is 0 Å². The minimum atomic E-state index is 0. The molecule has 4 nitrogen and oxygen atoms in total. The van der Waals surface area contributed by atoms with Crippen molar-refractivity contribution < 1.29 is 57.1 Å². The average Bonchev–Trinajstić information content (AvgIpc) is 3.90. The number of rotatable bonds is 44. The van der Waals surface area contributed by atoms with Crippen LogP contribution in [0.1, 0.15) is 285 Å². The summed E-state index contributed by atoms with van der Waals surface area (Å²) < 4.78 is 9.56. The Balaban J connectivity index is 0. The first-order valence-corrected chi connectivity index (χ1v) is 26.8. The van der Waals surface area contributed by atoms with Crippen LogP contribution < -0.4 is 57.1 Å². The molecule has 356 valence electrons. The van der Waals surface area contributed by atoms with Gasteiger partial charge in [0, 0.05) is 0 Å². The lowest BCUT2D eigenvalue weighted by Gasteiger charge is -2.02. The number of nitrogens with zero attached hydrogens (tertiary/aromatic N) is 4. The molecule has 0 bridgehead atoms. The van der Waals surface area contributed by atoms with Crippen molar-refractivity contribution in [2.45, 2.75) is 311 Å². The predicted octanol–water partition coefficient (Wildman–Crippen LogP) is 11.2. The monoisotopic (exact) mass is 1060 g/mol. The molecular weight excluding hydrogens is 958 g/mol. The highest BCUT2D eigenvalue weighted by Gasteiger charge is 2.05. The second-order valence-corrected chi connectivity index (χ2v) is 18.5. The number of aryl methyl sites for hydroxylation is 4. The molecule has 0 unspecified atom stereocenters. The summed E-state index contributed by atoms with van der Waals surface area (Å²) in [5.74, 6) is 0. The zero-order chi connectivity index (χ0) is 41.7. The van der Waals surface area contributed by atoms with Crippen molar-refractivity contribution in [3.05, 3.63) is 37.4 Å². The molecule has 2 rings (SSSR count). The van der Waals surface area contributed by atoms with Crippen molar-refractivity contribution in [1.29, 1.82) is 0 Å². The summed E-state index contributed by atoms with van der Waals surface area (Å²) >= 11 is 0. The fourth-order valence-corrected chi connectivity index (χ4v) is 8.53. The normalized spacial score (nSPS) is 11.0. The molecular formula is C54H106I2N4. The predicted molar refractivity (Wildman–Crippen MR) is 257 cm³/mol. The Morgan fingerprint density at radius 1 is 0.267 bits per heavy atom. The van der Waals surface area contributed by atoms with Gasteiger partial charge in [0.1, 0.15) is 24.8 Å². The van der Waals surface area contributed by atoms with Gasteiger partial charge in [-0.25, -0.2) is 18.3 Å². The van der Waals surface area contributed by atoms with Gasteiger partial charge in [-0.05, 0) is 51.4 Å². The third-order valence-corrected chi connectivity index (χ3v) is 12.6. The fraction of sp³-hybridized carbons (Fsp3) is 0.889. The lowest BCUT2D eigenvalue weighted by Crippen LogP contribution is -3.00. The summed E-state index contributed by atoms with van der Waals surface area (Å²) in [7, 11) is 0. The Labute approximate surface area is 411 Å². The molecule has 0 radical (unpaired) electrons. The summed E-state index contributed by atoms with van der Waals surface area (Å²) in [4.78, 5) is 0. The lowest BCUT2D eigenvalue weighted by molar-refractivity contribution is -0.697. The van der Waals surface area contributed by atoms with Gasteiger partial charge in [0.05, 0.1) is 26.2 Å². The van der Waals surface area contributed by atoms with Crippen LogP contribution in [0.2, 0.25) is 0 Å². The van der Waals surface area contributed by atoms with Crippen molar-refractivity contribution in [2.75, 3.05) is 0 Å². The molecule has 0 fully saturated rings. The van der Waals surface area contributed by atoms with Crippen LogP contribution in [0.25, 0.3) is 0 Å². The third-order valence-electron chi connectivity index (χ3n) is 12.6. The van der Waals surface area contributed by atoms with Gasteiger partial charge < -0.3 is 48.0 Å².